The number of hydrogen-bond donors (Lipinski definition) is 1. The number of amides is 2. The summed E-state index contributed by atoms with van der Waals surface area (Å²) >= 11 is 0. The SMILES string of the molecule is Cc1cc(C(=O)N2CC(C(=O)NCCc3ccncc3)C2)no1. The number of carbonyl (C=O) groups is 2. The van der Waals surface area contributed by atoms with Crippen molar-refractivity contribution in [2.75, 3.05) is 19.6 Å². The van der Waals surface area contributed by atoms with E-state index in [-0.39, 0.29) is 17.7 Å². The summed E-state index contributed by atoms with van der Waals surface area (Å²) in [7, 11) is 0. The van der Waals surface area contributed by atoms with E-state index in [9.17, 15) is 9.59 Å². The first-order valence-corrected chi connectivity index (χ1v) is 7.52. The molecule has 1 fully saturated rings. The molecular weight excluding hydrogens is 296 g/mol. The monoisotopic (exact) mass is 314 g/mol. The highest BCUT2D eigenvalue weighted by Gasteiger charge is 2.36. The molecule has 0 aliphatic carbocycles. The van der Waals surface area contributed by atoms with E-state index < -0.39 is 0 Å². The number of carbonyl (C=O) groups excluding carboxylic acids is 2. The van der Waals surface area contributed by atoms with Gasteiger partial charge < -0.3 is 14.7 Å². The molecule has 0 saturated carbocycles. The lowest BCUT2D eigenvalue weighted by Crippen LogP contribution is -2.55. The van der Waals surface area contributed by atoms with Gasteiger partial charge in [-0.2, -0.15) is 0 Å². The fourth-order valence-electron chi connectivity index (χ4n) is 2.46. The Morgan fingerprint density at radius 1 is 1.35 bits per heavy atom. The third-order valence-corrected chi connectivity index (χ3v) is 3.85. The molecule has 7 nitrogen and oxygen atoms in total. The predicted octanol–water partition coefficient (Wildman–Crippen LogP) is 0.809. The third-order valence-electron chi connectivity index (χ3n) is 3.85. The first-order valence-electron chi connectivity index (χ1n) is 7.52. The van der Waals surface area contributed by atoms with E-state index in [2.05, 4.69) is 15.5 Å². The molecule has 0 radical (unpaired) electrons. The van der Waals surface area contributed by atoms with Gasteiger partial charge in [0.25, 0.3) is 5.91 Å². The van der Waals surface area contributed by atoms with Gasteiger partial charge in [-0.25, -0.2) is 0 Å². The number of rotatable bonds is 5. The highest BCUT2D eigenvalue weighted by atomic mass is 16.5. The second kappa shape index (κ2) is 6.60. The molecule has 3 rings (SSSR count). The highest BCUT2D eigenvalue weighted by molar-refractivity contribution is 5.94. The van der Waals surface area contributed by atoms with E-state index in [0.29, 0.717) is 31.1 Å². The van der Waals surface area contributed by atoms with Crippen molar-refractivity contribution < 1.29 is 14.1 Å². The van der Waals surface area contributed by atoms with Crippen molar-refractivity contribution in [1.29, 1.82) is 0 Å². The number of aromatic nitrogens is 2. The Morgan fingerprint density at radius 3 is 2.74 bits per heavy atom. The second-order valence-corrected chi connectivity index (χ2v) is 5.63. The van der Waals surface area contributed by atoms with Crippen LogP contribution in [0.2, 0.25) is 0 Å². The zero-order valence-electron chi connectivity index (χ0n) is 12.9. The Labute approximate surface area is 133 Å². The molecule has 3 heterocycles. The zero-order chi connectivity index (χ0) is 16.2. The van der Waals surface area contributed by atoms with E-state index in [1.165, 1.54) is 0 Å². The van der Waals surface area contributed by atoms with E-state index in [1.807, 2.05) is 12.1 Å². The number of nitrogens with one attached hydrogen (secondary N) is 1. The summed E-state index contributed by atoms with van der Waals surface area (Å²) in [6.07, 6.45) is 4.23. The van der Waals surface area contributed by atoms with Gasteiger partial charge in [0.1, 0.15) is 5.76 Å². The average Bonchev–Trinajstić information content (AvgIpc) is 2.93. The van der Waals surface area contributed by atoms with Crippen LogP contribution in [0.1, 0.15) is 21.8 Å². The summed E-state index contributed by atoms with van der Waals surface area (Å²) in [5.74, 6) is 0.241. The molecule has 23 heavy (non-hydrogen) atoms. The Kier molecular flexibility index (Phi) is 4.36. The summed E-state index contributed by atoms with van der Waals surface area (Å²) in [5.41, 5.74) is 1.42. The number of hydrogen-bond acceptors (Lipinski definition) is 5. The van der Waals surface area contributed by atoms with E-state index in [1.54, 1.807) is 30.3 Å². The smallest absolute Gasteiger partial charge is 0.276 e. The quantitative estimate of drug-likeness (QED) is 0.882. The molecule has 1 saturated heterocycles. The number of nitrogens with zero attached hydrogens (tertiary/aromatic N) is 3. The van der Waals surface area contributed by atoms with Gasteiger partial charge in [-0.05, 0) is 31.0 Å². The molecule has 7 heteroatoms. The minimum absolute atomic E-state index is 0.0144. The summed E-state index contributed by atoms with van der Waals surface area (Å²) in [6, 6.07) is 5.45. The van der Waals surface area contributed by atoms with Crippen LogP contribution in [0, 0.1) is 12.8 Å². The number of likely N-dealkylation sites (tertiary alicyclic amines) is 1. The van der Waals surface area contributed by atoms with Crippen molar-refractivity contribution in [1.82, 2.24) is 20.4 Å². The van der Waals surface area contributed by atoms with Crippen molar-refractivity contribution >= 4 is 11.8 Å². The molecule has 1 N–H and O–H groups in total. The first-order chi connectivity index (χ1) is 11.1. The van der Waals surface area contributed by atoms with Crippen molar-refractivity contribution in [3.63, 3.8) is 0 Å². The standard InChI is InChI=1S/C16H18N4O3/c1-11-8-14(19-23-11)16(22)20-9-13(10-20)15(21)18-7-4-12-2-5-17-6-3-12/h2-3,5-6,8,13H,4,7,9-10H2,1H3,(H,18,21). The van der Waals surface area contributed by atoms with Crippen molar-refractivity contribution in [3.8, 4) is 0 Å². The van der Waals surface area contributed by atoms with Crippen LogP contribution in [0.25, 0.3) is 0 Å². The highest BCUT2D eigenvalue weighted by Crippen LogP contribution is 2.18. The maximum atomic E-state index is 12.1. The van der Waals surface area contributed by atoms with Gasteiger partial charge in [-0.1, -0.05) is 5.16 Å². The Bertz CT molecular complexity index is 692. The minimum Gasteiger partial charge on any atom is -0.361 e. The Morgan fingerprint density at radius 2 is 2.09 bits per heavy atom. The van der Waals surface area contributed by atoms with Crippen molar-refractivity contribution in [2.24, 2.45) is 5.92 Å². The summed E-state index contributed by atoms with van der Waals surface area (Å²) in [5, 5.41) is 6.60. The first kappa shape index (κ1) is 15.2. The average molecular weight is 314 g/mol. The molecule has 0 atom stereocenters. The summed E-state index contributed by atoms with van der Waals surface area (Å²) in [4.78, 5) is 29.7. The summed E-state index contributed by atoms with van der Waals surface area (Å²) < 4.78 is 4.89. The molecular formula is C16H18N4O3. The fraction of sp³-hybridized carbons (Fsp3) is 0.375. The Hall–Kier alpha value is -2.70. The van der Waals surface area contributed by atoms with Crippen LogP contribution in [-0.4, -0.2) is 46.5 Å². The molecule has 2 amide bonds. The molecule has 1 aliphatic rings. The van der Waals surface area contributed by atoms with Gasteiger partial charge in [-0.15, -0.1) is 0 Å². The number of pyridine rings is 1. The Balaban J connectivity index is 1.40. The van der Waals surface area contributed by atoms with Gasteiger partial charge in [0.15, 0.2) is 5.69 Å². The zero-order valence-corrected chi connectivity index (χ0v) is 12.9. The lowest BCUT2D eigenvalue weighted by molar-refractivity contribution is -0.128. The summed E-state index contributed by atoms with van der Waals surface area (Å²) in [6.45, 7) is 3.16. The van der Waals surface area contributed by atoms with Gasteiger partial charge in [-0.3, -0.25) is 14.6 Å². The lowest BCUT2D eigenvalue weighted by atomic mass is 9.98. The van der Waals surface area contributed by atoms with E-state index in [4.69, 9.17) is 4.52 Å². The van der Waals surface area contributed by atoms with Gasteiger partial charge in [0, 0.05) is 38.1 Å². The van der Waals surface area contributed by atoms with Crippen LogP contribution >= 0.6 is 0 Å². The van der Waals surface area contributed by atoms with Crippen molar-refractivity contribution in [2.45, 2.75) is 13.3 Å². The predicted molar refractivity (Wildman–Crippen MR) is 81.6 cm³/mol. The normalized spacial score (nSPS) is 14.4. The van der Waals surface area contributed by atoms with Gasteiger partial charge >= 0.3 is 0 Å². The fourth-order valence-corrected chi connectivity index (χ4v) is 2.46. The molecule has 1 aliphatic heterocycles. The second-order valence-electron chi connectivity index (χ2n) is 5.63. The molecule has 2 aromatic heterocycles. The molecule has 0 aromatic carbocycles. The molecule has 0 bridgehead atoms. The van der Waals surface area contributed by atoms with Crippen molar-refractivity contribution in [3.05, 3.63) is 47.6 Å². The topological polar surface area (TPSA) is 88.3 Å². The maximum absolute atomic E-state index is 12.1. The minimum atomic E-state index is -0.192. The molecule has 0 unspecified atom stereocenters. The molecule has 0 spiro atoms. The number of aryl methyl sites for hydroxylation is 1. The van der Waals surface area contributed by atoms with Gasteiger partial charge in [0.05, 0.1) is 5.92 Å². The maximum Gasteiger partial charge on any atom is 0.276 e. The van der Waals surface area contributed by atoms with Gasteiger partial charge in [0.2, 0.25) is 5.91 Å². The van der Waals surface area contributed by atoms with Crippen LogP contribution in [0.3, 0.4) is 0 Å². The molecule has 2 aromatic rings. The van der Waals surface area contributed by atoms with Crippen LogP contribution < -0.4 is 5.32 Å². The molecule has 120 valence electrons. The van der Waals surface area contributed by atoms with Crippen LogP contribution in [0.15, 0.2) is 35.1 Å². The van der Waals surface area contributed by atoms with E-state index in [0.717, 1.165) is 12.0 Å². The third kappa shape index (κ3) is 3.56. The van der Waals surface area contributed by atoms with Crippen LogP contribution in [-0.2, 0) is 11.2 Å². The largest absolute Gasteiger partial charge is 0.361 e. The lowest BCUT2D eigenvalue weighted by Gasteiger charge is -2.37. The van der Waals surface area contributed by atoms with Crippen LogP contribution in [0.4, 0.5) is 0 Å². The van der Waals surface area contributed by atoms with Crippen LogP contribution in [0.5, 0.6) is 0 Å². The van der Waals surface area contributed by atoms with E-state index >= 15 is 0 Å².